The van der Waals surface area contributed by atoms with Crippen molar-refractivity contribution >= 4 is 11.8 Å². The van der Waals surface area contributed by atoms with Gasteiger partial charge in [-0.3, -0.25) is 4.79 Å². The monoisotopic (exact) mass is 492 g/mol. The lowest BCUT2D eigenvalue weighted by atomic mass is 9.71. The summed E-state index contributed by atoms with van der Waals surface area (Å²) in [4.78, 5) is 28.0. The number of Topliss-reactive ketones (excluding diaryl/α,β-unsaturated/α-hetero) is 1. The Kier molecular flexibility index (Phi) is 6.99. The molecule has 0 saturated heterocycles. The molecule has 0 amide bonds. The van der Waals surface area contributed by atoms with Crippen LogP contribution in [0, 0.1) is 5.92 Å². The fourth-order valence-corrected chi connectivity index (χ4v) is 5.46. The lowest BCUT2D eigenvalue weighted by Crippen LogP contribution is -2.48. The first-order chi connectivity index (χ1) is 18.1. The van der Waals surface area contributed by atoms with Gasteiger partial charge in [-0.15, -0.1) is 0 Å². The highest BCUT2D eigenvalue weighted by molar-refractivity contribution is 6.00. The van der Waals surface area contributed by atoms with Crippen LogP contribution in [0.25, 0.3) is 0 Å². The van der Waals surface area contributed by atoms with E-state index in [4.69, 9.17) is 9.47 Å². The van der Waals surface area contributed by atoms with Crippen molar-refractivity contribution in [2.75, 3.05) is 7.11 Å². The van der Waals surface area contributed by atoms with E-state index in [1.165, 1.54) is 7.11 Å². The number of carbonyl (C=O) groups excluding carboxylic acids is 2. The zero-order chi connectivity index (χ0) is 25.8. The molecule has 37 heavy (non-hydrogen) atoms. The number of esters is 1. The van der Waals surface area contributed by atoms with Crippen LogP contribution in [0.3, 0.4) is 0 Å². The van der Waals surface area contributed by atoms with Crippen LogP contribution < -0.4 is 0 Å². The second kappa shape index (κ2) is 10.5. The number of aliphatic hydroxyl groups excluding tert-OH is 1. The Morgan fingerprint density at radius 1 is 0.757 bits per heavy atom. The first kappa shape index (κ1) is 24.6. The lowest BCUT2D eigenvalue weighted by Gasteiger charge is -2.40. The van der Waals surface area contributed by atoms with Crippen molar-refractivity contribution in [3.8, 4) is 0 Å². The standard InChI is InChI=1S/C32H28O5/c1-36-31(35)32(24-17-9-4-10-18-24,37-21-22-13-5-2-6-14-22)28-25-19-11-12-20-26(25)30(34)27(28)29(33)23-15-7-3-8-16-23/h2-20,27-28,30,34H,21H2,1H3/t27-,28-,30-,32-/m1/s1. The van der Waals surface area contributed by atoms with Gasteiger partial charge in [0.2, 0.25) is 0 Å². The van der Waals surface area contributed by atoms with Crippen molar-refractivity contribution in [1.29, 1.82) is 0 Å². The smallest absolute Gasteiger partial charge is 0.343 e. The van der Waals surface area contributed by atoms with Crippen LogP contribution in [0.2, 0.25) is 0 Å². The number of ether oxygens (including phenoxy) is 2. The summed E-state index contributed by atoms with van der Waals surface area (Å²) >= 11 is 0. The van der Waals surface area contributed by atoms with Crippen LogP contribution >= 0.6 is 0 Å². The Morgan fingerprint density at radius 2 is 1.30 bits per heavy atom. The van der Waals surface area contributed by atoms with Crippen molar-refractivity contribution in [3.05, 3.63) is 143 Å². The molecule has 5 rings (SSSR count). The minimum absolute atomic E-state index is 0.103. The average molecular weight is 493 g/mol. The van der Waals surface area contributed by atoms with Crippen LogP contribution in [0.15, 0.2) is 115 Å². The number of methoxy groups -OCH3 is 1. The summed E-state index contributed by atoms with van der Waals surface area (Å²) < 4.78 is 12.0. The summed E-state index contributed by atoms with van der Waals surface area (Å²) in [6, 6.07) is 34.8. The maximum atomic E-state index is 14.0. The van der Waals surface area contributed by atoms with Gasteiger partial charge in [0, 0.05) is 11.5 Å². The maximum absolute atomic E-state index is 14.0. The van der Waals surface area contributed by atoms with Crippen LogP contribution in [-0.4, -0.2) is 24.0 Å². The summed E-state index contributed by atoms with van der Waals surface area (Å²) in [5, 5.41) is 11.6. The summed E-state index contributed by atoms with van der Waals surface area (Å²) in [5.41, 5.74) is 1.47. The fourth-order valence-electron chi connectivity index (χ4n) is 5.46. The first-order valence-corrected chi connectivity index (χ1v) is 12.3. The number of ketones is 1. The highest BCUT2D eigenvalue weighted by Gasteiger charge is 2.60. The number of hydrogen-bond acceptors (Lipinski definition) is 5. The molecule has 5 heteroatoms. The molecule has 0 spiro atoms. The van der Waals surface area contributed by atoms with Gasteiger partial charge >= 0.3 is 5.97 Å². The van der Waals surface area contributed by atoms with E-state index < -0.39 is 29.5 Å². The molecule has 0 fully saturated rings. The normalized spacial score (nSPS) is 20.0. The van der Waals surface area contributed by atoms with E-state index >= 15 is 0 Å². The van der Waals surface area contributed by atoms with Gasteiger partial charge in [0.05, 0.1) is 25.7 Å². The predicted octanol–water partition coefficient (Wildman–Crippen LogP) is 5.60. The third-order valence-electron chi connectivity index (χ3n) is 7.15. The van der Waals surface area contributed by atoms with Crippen molar-refractivity contribution in [2.24, 2.45) is 5.92 Å². The van der Waals surface area contributed by atoms with E-state index in [-0.39, 0.29) is 12.4 Å². The molecule has 0 aliphatic heterocycles. The first-order valence-electron chi connectivity index (χ1n) is 12.3. The molecule has 1 N–H and O–H groups in total. The predicted molar refractivity (Wildman–Crippen MR) is 140 cm³/mol. The van der Waals surface area contributed by atoms with Gasteiger partial charge in [0.15, 0.2) is 11.4 Å². The van der Waals surface area contributed by atoms with Crippen molar-refractivity contribution in [2.45, 2.75) is 24.2 Å². The number of benzene rings is 4. The number of fused-ring (bicyclic) bond motifs is 1. The second-order valence-corrected chi connectivity index (χ2v) is 9.18. The summed E-state index contributed by atoms with van der Waals surface area (Å²) in [5.74, 6) is -2.71. The van der Waals surface area contributed by atoms with E-state index in [0.717, 1.165) is 5.56 Å². The Hall–Kier alpha value is -4.06. The van der Waals surface area contributed by atoms with E-state index in [1.54, 1.807) is 42.5 Å². The molecule has 1 aliphatic carbocycles. The summed E-state index contributed by atoms with van der Waals surface area (Å²) in [6.45, 7) is 0.103. The lowest BCUT2D eigenvalue weighted by molar-refractivity contribution is -0.180. The van der Waals surface area contributed by atoms with Gasteiger partial charge < -0.3 is 14.6 Å². The van der Waals surface area contributed by atoms with Gasteiger partial charge in [-0.1, -0.05) is 115 Å². The minimum Gasteiger partial charge on any atom is -0.467 e. The summed E-state index contributed by atoms with van der Waals surface area (Å²) in [6.07, 6.45) is -1.12. The molecule has 186 valence electrons. The van der Waals surface area contributed by atoms with E-state index in [1.807, 2.05) is 72.8 Å². The molecule has 0 aromatic heterocycles. The molecule has 4 aromatic rings. The topological polar surface area (TPSA) is 72.8 Å². The van der Waals surface area contributed by atoms with Gasteiger partial charge in [-0.05, 0) is 22.3 Å². The van der Waals surface area contributed by atoms with Crippen LogP contribution in [-0.2, 0) is 26.5 Å². The molecule has 0 radical (unpaired) electrons. The Bertz CT molecular complexity index is 1370. The molecule has 4 aromatic carbocycles. The molecule has 0 bridgehead atoms. The number of carbonyl (C=O) groups is 2. The molecule has 0 saturated carbocycles. The molecule has 5 nitrogen and oxygen atoms in total. The Morgan fingerprint density at radius 3 is 1.92 bits per heavy atom. The van der Waals surface area contributed by atoms with Gasteiger partial charge in [-0.25, -0.2) is 4.79 Å². The Labute approximate surface area is 216 Å². The molecule has 0 heterocycles. The SMILES string of the molecule is COC(=O)[C@@](OCc1ccccc1)(c1ccccc1)[C@@H]1c2ccccc2[C@@H](O)[C@H]1C(=O)c1ccccc1. The van der Waals surface area contributed by atoms with Crippen molar-refractivity contribution in [1.82, 2.24) is 0 Å². The average Bonchev–Trinajstić information content (AvgIpc) is 3.27. The molecular weight excluding hydrogens is 464 g/mol. The second-order valence-electron chi connectivity index (χ2n) is 9.18. The van der Waals surface area contributed by atoms with E-state index in [9.17, 15) is 14.7 Å². The largest absolute Gasteiger partial charge is 0.467 e. The molecular formula is C32H28O5. The maximum Gasteiger partial charge on any atom is 0.343 e. The van der Waals surface area contributed by atoms with E-state index in [0.29, 0.717) is 22.3 Å². The minimum atomic E-state index is -1.70. The van der Waals surface area contributed by atoms with Crippen LogP contribution in [0.1, 0.15) is 44.6 Å². The van der Waals surface area contributed by atoms with Gasteiger partial charge in [-0.2, -0.15) is 0 Å². The molecule has 4 atom stereocenters. The molecule has 0 unspecified atom stereocenters. The van der Waals surface area contributed by atoms with Gasteiger partial charge in [0.25, 0.3) is 0 Å². The number of aliphatic hydroxyl groups is 1. The fraction of sp³-hybridized carbons (Fsp3) is 0.188. The highest BCUT2D eigenvalue weighted by Crippen LogP contribution is 2.56. The van der Waals surface area contributed by atoms with Crippen molar-refractivity contribution in [3.63, 3.8) is 0 Å². The third kappa shape index (κ3) is 4.37. The zero-order valence-electron chi connectivity index (χ0n) is 20.5. The van der Waals surface area contributed by atoms with Crippen molar-refractivity contribution < 1.29 is 24.2 Å². The highest BCUT2D eigenvalue weighted by atomic mass is 16.6. The van der Waals surface area contributed by atoms with Crippen LogP contribution in [0.4, 0.5) is 0 Å². The number of rotatable bonds is 8. The molecule has 1 aliphatic rings. The Balaban J connectivity index is 1.74. The van der Waals surface area contributed by atoms with Crippen LogP contribution in [0.5, 0.6) is 0 Å². The van der Waals surface area contributed by atoms with Gasteiger partial charge in [0.1, 0.15) is 0 Å². The van der Waals surface area contributed by atoms with E-state index in [2.05, 4.69) is 0 Å². The third-order valence-corrected chi connectivity index (χ3v) is 7.15. The number of hydrogen-bond donors (Lipinski definition) is 1. The quantitative estimate of drug-likeness (QED) is 0.256. The zero-order valence-corrected chi connectivity index (χ0v) is 20.5. The summed E-state index contributed by atoms with van der Waals surface area (Å²) in [7, 11) is 1.32.